The van der Waals surface area contributed by atoms with E-state index in [1.165, 1.54) is 16.7 Å². The third-order valence-corrected chi connectivity index (χ3v) is 5.56. The molecule has 0 saturated carbocycles. The summed E-state index contributed by atoms with van der Waals surface area (Å²) in [6.45, 7) is 0. The maximum absolute atomic E-state index is 12.9. The van der Waals surface area contributed by atoms with Gasteiger partial charge in [0.2, 0.25) is 0 Å². The Balaban J connectivity index is 1.53. The number of anilines is 1. The van der Waals surface area contributed by atoms with Crippen molar-refractivity contribution in [3.63, 3.8) is 0 Å². The fourth-order valence-electron chi connectivity index (χ4n) is 2.86. The highest BCUT2D eigenvalue weighted by atomic mass is 32.2. The van der Waals surface area contributed by atoms with E-state index in [4.69, 9.17) is 21.7 Å². The number of ether oxygens (including phenoxy) is 2. The second-order valence-corrected chi connectivity index (χ2v) is 7.88. The molecule has 6 heteroatoms. The lowest BCUT2D eigenvalue weighted by Gasteiger charge is -2.15. The van der Waals surface area contributed by atoms with Crippen LogP contribution in [0, 0.1) is 0 Å². The first-order valence-corrected chi connectivity index (χ1v) is 10.1. The molecule has 1 aliphatic rings. The fourth-order valence-corrected chi connectivity index (χ4v) is 4.16. The van der Waals surface area contributed by atoms with Gasteiger partial charge in [-0.3, -0.25) is 9.69 Å². The molecule has 3 aromatic carbocycles. The molecule has 0 N–H and O–H groups in total. The van der Waals surface area contributed by atoms with Crippen LogP contribution < -0.4 is 14.4 Å². The average Bonchev–Trinajstić information content (AvgIpc) is 3.02. The molecule has 29 heavy (non-hydrogen) atoms. The topological polar surface area (TPSA) is 38.8 Å². The molecule has 0 bridgehead atoms. The summed E-state index contributed by atoms with van der Waals surface area (Å²) in [5.41, 5.74) is 1.60. The van der Waals surface area contributed by atoms with E-state index in [1.54, 1.807) is 7.11 Å². The van der Waals surface area contributed by atoms with Crippen LogP contribution in [0.3, 0.4) is 0 Å². The third-order valence-electron chi connectivity index (χ3n) is 4.26. The van der Waals surface area contributed by atoms with Gasteiger partial charge < -0.3 is 9.47 Å². The molecule has 4 nitrogen and oxygen atoms in total. The van der Waals surface area contributed by atoms with Crippen molar-refractivity contribution in [2.45, 2.75) is 0 Å². The molecular weight excluding hydrogens is 402 g/mol. The second-order valence-electron chi connectivity index (χ2n) is 6.20. The van der Waals surface area contributed by atoms with Crippen LogP contribution in [0.4, 0.5) is 5.69 Å². The molecule has 144 valence electrons. The Morgan fingerprint density at radius 2 is 1.59 bits per heavy atom. The van der Waals surface area contributed by atoms with Crippen molar-refractivity contribution < 1.29 is 14.3 Å². The Bertz CT molecular complexity index is 1080. The van der Waals surface area contributed by atoms with Gasteiger partial charge in [-0.15, -0.1) is 0 Å². The summed E-state index contributed by atoms with van der Waals surface area (Å²) in [5, 5.41) is 0. The first kappa shape index (κ1) is 19.2. The lowest BCUT2D eigenvalue weighted by molar-refractivity contribution is -0.113. The van der Waals surface area contributed by atoms with Gasteiger partial charge in [0.25, 0.3) is 5.91 Å². The van der Waals surface area contributed by atoms with Crippen LogP contribution >= 0.6 is 24.0 Å². The number of amides is 1. The number of para-hydroxylation sites is 1. The average molecular weight is 420 g/mol. The van der Waals surface area contributed by atoms with E-state index >= 15 is 0 Å². The van der Waals surface area contributed by atoms with Gasteiger partial charge in [-0.05, 0) is 60.2 Å². The monoisotopic (exact) mass is 419 g/mol. The SMILES string of the molecule is COc1cccc(/C=C2\SC(=S)N(c3ccc(Oc4ccccc4)cc3)C2=O)c1. The number of rotatable bonds is 5. The second kappa shape index (κ2) is 8.51. The van der Waals surface area contributed by atoms with Crippen LogP contribution in [-0.2, 0) is 4.79 Å². The van der Waals surface area contributed by atoms with Gasteiger partial charge >= 0.3 is 0 Å². The van der Waals surface area contributed by atoms with E-state index in [9.17, 15) is 4.79 Å². The van der Waals surface area contributed by atoms with Crippen molar-refractivity contribution in [2.24, 2.45) is 0 Å². The Morgan fingerprint density at radius 1 is 0.897 bits per heavy atom. The number of thiocarbonyl (C=S) groups is 1. The molecule has 0 aromatic heterocycles. The maximum atomic E-state index is 12.9. The van der Waals surface area contributed by atoms with Gasteiger partial charge in [0.05, 0.1) is 17.7 Å². The number of carbonyl (C=O) groups is 1. The minimum absolute atomic E-state index is 0.139. The fraction of sp³-hybridized carbons (Fsp3) is 0.0435. The minimum atomic E-state index is -0.139. The van der Waals surface area contributed by atoms with E-state index in [1.807, 2.05) is 84.9 Å². The first-order chi connectivity index (χ1) is 14.1. The van der Waals surface area contributed by atoms with Crippen LogP contribution in [0.15, 0.2) is 83.8 Å². The highest BCUT2D eigenvalue weighted by Gasteiger charge is 2.33. The number of nitrogens with zero attached hydrogens (tertiary/aromatic N) is 1. The Morgan fingerprint density at radius 3 is 2.31 bits per heavy atom. The van der Waals surface area contributed by atoms with Crippen molar-refractivity contribution in [1.29, 1.82) is 0 Å². The largest absolute Gasteiger partial charge is 0.497 e. The minimum Gasteiger partial charge on any atom is -0.497 e. The zero-order valence-corrected chi connectivity index (χ0v) is 17.2. The molecule has 0 aliphatic carbocycles. The van der Waals surface area contributed by atoms with Crippen LogP contribution in [0.1, 0.15) is 5.56 Å². The summed E-state index contributed by atoms with van der Waals surface area (Å²) >= 11 is 6.74. The molecule has 1 fully saturated rings. The van der Waals surface area contributed by atoms with Crippen molar-refractivity contribution in [3.05, 3.63) is 89.3 Å². The van der Waals surface area contributed by atoms with Crippen molar-refractivity contribution in [3.8, 4) is 17.2 Å². The van der Waals surface area contributed by atoms with Crippen molar-refractivity contribution in [1.82, 2.24) is 0 Å². The van der Waals surface area contributed by atoms with E-state index in [0.29, 0.717) is 20.7 Å². The lowest BCUT2D eigenvalue weighted by Crippen LogP contribution is -2.27. The number of benzene rings is 3. The predicted octanol–water partition coefficient (Wildman–Crippen LogP) is 5.89. The molecular formula is C23H17NO3S2. The zero-order valence-electron chi connectivity index (χ0n) is 15.6. The first-order valence-electron chi connectivity index (χ1n) is 8.89. The van der Waals surface area contributed by atoms with E-state index in [-0.39, 0.29) is 5.91 Å². The Labute approximate surface area is 178 Å². The quantitative estimate of drug-likeness (QED) is 0.381. The van der Waals surface area contributed by atoms with Gasteiger partial charge in [-0.1, -0.05) is 54.3 Å². The van der Waals surface area contributed by atoms with Gasteiger partial charge in [0.1, 0.15) is 17.2 Å². The van der Waals surface area contributed by atoms with E-state index < -0.39 is 0 Å². The highest BCUT2D eigenvalue weighted by Crippen LogP contribution is 2.37. The summed E-state index contributed by atoms with van der Waals surface area (Å²) in [6, 6.07) is 24.4. The van der Waals surface area contributed by atoms with E-state index in [0.717, 1.165) is 17.1 Å². The molecule has 1 saturated heterocycles. The number of methoxy groups -OCH3 is 1. The molecule has 0 radical (unpaired) electrons. The Kier molecular flexibility index (Phi) is 5.64. The lowest BCUT2D eigenvalue weighted by atomic mass is 10.2. The summed E-state index contributed by atoms with van der Waals surface area (Å²) < 4.78 is 11.6. The standard InChI is InChI=1S/C23H17NO3S2/c1-26-20-9-5-6-16(14-20)15-21-22(25)24(23(28)29-21)17-10-12-19(13-11-17)27-18-7-3-2-4-8-18/h2-15H,1H3/b21-15-. The molecule has 4 rings (SSSR count). The molecule has 1 amide bonds. The van der Waals surface area contributed by atoms with Crippen LogP contribution in [0.5, 0.6) is 17.2 Å². The number of carbonyl (C=O) groups excluding carboxylic acids is 1. The molecule has 3 aromatic rings. The Hall–Kier alpha value is -3.09. The number of hydrogen-bond donors (Lipinski definition) is 0. The summed E-state index contributed by atoms with van der Waals surface area (Å²) in [4.78, 5) is 15.1. The molecule has 1 heterocycles. The predicted molar refractivity (Wildman–Crippen MR) is 122 cm³/mol. The number of thioether (sulfide) groups is 1. The van der Waals surface area contributed by atoms with Crippen LogP contribution in [0.25, 0.3) is 6.08 Å². The van der Waals surface area contributed by atoms with Gasteiger partial charge in [0, 0.05) is 0 Å². The van der Waals surface area contributed by atoms with Gasteiger partial charge in [0.15, 0.2) is 4.32 Å². The summed E-state index contributed by atoms with van der Waals surface area (Å²) in [5.74, 6) is 2.05. The molecule has 0 atom stereocenters. The molecule has 0 spiro atoms. The van der Waals surface area contributed by atoms with Crippen LogP contribution in [0.2, 0.25) is 0 Å². The number of hydrogen-bond acceptors (Lipinski definition) is 5. The molecule has 1 aliphatic heterocycles. The third kappa shape index (κ3) is 4.34. The summed E-state index contributed by atoms with van der Waals surface area (Å²) in [6.07, 6.45) is 1.83. The zero-order chi connectivity index (χ0) is 20.2. The normalized spacial score (nSPS) is 15.1. The maximum Gasteiger partial charge on any atom is 0.270 e. The van der Waals surface area contributed by atoms with Gasteiger partial charge in [-0.25, -0.2) is 0 Å². The summed E-state index contributed by atoms with van der Waals surface area (Å²) in [7, 11) is 1.61. The van der Waals surface area contributed by atoms with Gasteiger partial charge in [-0.2, -0.15) is 0 Å². The smallest absolute Gasteiger partial charge is 0.270 e. The molecule has 0 unspecified atom stereocenters. The van der Waals surface area contributed by atoms with Crippen molar-refractivity contribution in [2.75, 3.05) is 12.0 Å². The van der Waals surface area contributed by atoms with Crippen molar-refractivity contribution >= 4 is 46.0 Å². The highest BCUT2D eigenvalue weighted by molar-refractivity contribution is 8.27. The van der Waals surface area contributed by atoms with Crippen LogP contribution in [-0.4, -0.2) is 17.3 Å². The van der Waals surface area contributed by atoms with E-state index in [2.05, 4.69) is 0 Å².